The van der Waals surface area contributed by atoms with E-state index < -0.39 is 5.51 Å². The van der Waals surface area contributed by atoms with Crippen molar-refractivity contribution in [3.63, 3.8) is 0 Å². The van der Waals surface area contributed by atoms with E-state index in [0.717, 1.165) is 12.5 Å². The predicted octanol–water partition coefficient (Wildman–Crippen LogP) is 2.49. The summed E-state index contributed by atoms with van der Waals surface area (Å²) in [6.07, 6.45) is 1.22. The lowest BCUT2D eigenvalue weighted by Crippen LogP contribution is -2.21. The number of halogens is 3. The standard InChI is InChI=1S/C8H14F3NS/c1-6-4-7(6)5-12-2-3-13-8(9,10)11/h6-7,12H,2-5H2,1H3. The molecule has 78 valence electrons. The zero-order chi connectivity index (χ0) is 9.90. The summed E-state index contributed by atoms with van der Waals surface area (Å²) in [5.41, 5.74) is -4.07. The van der Waals surface area contributed by atoms with Crippen LogP contribution in [0.5, 0.6) is 0 Å². The van der Waals surface area contributed by atoms with Gasteiger partial charge in [0.1, 0.15) is 0 Å². The molecule has 1 N–H and O–H groups in total. The number of hydrogen-bond donors (Lipinski definition) is 1. The van der Waals surface area contributed by atoms with Crippen molar-refractivity contribution < 1.29 is 13.2 Å². The third-order valence-electron chi connectivity index (χ3n) is 2.23. The topological polar surface area (TPSA) is 12.0 Å². The first-order valence-corrected chi connectivity index (χ1v) is 5.39. The lowest BCUT2D eigenvalue weighted by atomic mass is 10.3. The van der Waals surface area contributed by atoms with Crippen molar-refractivity contribution >= 4 is 11.8 Å². The quantitative estimate of drug-likeness (QED) is 0.704. The lowest BCUT2D eigenvalue weighted by molar-refractivity contribution is -0.0327. The Labute approximate surface area is 80.5 Å². The van der Waals surface area contributed by atoms with Crippen LogP contribution in [0.2, 0.25) is 0 Å². The Bertz CT molecular complexity index is 160. The first-order chi connectivity index (χ1) is 5.99. The highest BCUT2D eigenvalue weighted by Crippen LogP contribution is 2.36. The molecule has 1 fully saturated rings. The third-order valence-corrected chi connectivity index (χ3v) is 2.96. The van der Waals surface area contributed by atoms with Gasteiger partial charge < -0.3 is 5.32 Å². The maximum Gasteiger partial charge on any atom is 0.441 e. The van der Waals surface area contributed by atoms with Crippen LogP contribution in [0.15, 0.2) is 0 Å². The average Bonchev–Trinajstić information content (AvgIpc) is 2.63. The molecule has 1 aliphatic rings. The van der Waals surface area contributed by atoms with Crippen LogP contribution in [-0.2, 0) is 0 Å². The summed E-state index contributed by atoms with van der Waals surface area (Å²) in [4.78, 5) is 0. The Morgan fingerprint density at radius 1 is 1.46 bits per heavy atom. The molecule has 0 amide bonds. The maximum atomic E-state index is 11.7. The second-order valence-corrected chi connectivity index (χ2v) is 4.63. The van der Waals surface area contributed by atoms with Crippen LogP contribution in [0, 0.1) is 11.8 Å². The van der Waals surface area contributed by atoms with Crippen LogP contribution in [0.25, 0.3) is 0 Å². The molecule has 5 heteroatoms. The highest BCUT2D eigenvalue weighted by Gasteiger charge is 2.31. The van der Waals surface area contributed by atoms with Crippen molar-refractivity contribution in [1.82, 2.24) is 5.32 Å². The fourth-order valence-electron chi connectivity index (χ4n) is 1.21. The van der Waals surface area contributed by atoms with Crippen molar-refractivity contribution in [2.45, 2.75) is 18.9 Å². The summed E-state index contributed by atoms with van der Waals surface area (Å²) in [5.74, 6) is 1.59. The number of rotatable bonds is 5. The first-order valence-electron chi connectivity index (χ1n) is 4.40. The Hall–Kier alpha value is 0.100. The fraction of sp³-hybridized carbons (Fsp3) is 1.00. The Morgan fingerprint density at radius 2 is 2.08 bits per heavy atom. The van der Waals surface area contributed by atoms with Crippen LogP contribution in [0.3, 0.4) is 0 Å². The van der Waals surface area contributed by atoms with E-state index in [4.69, 9.17) is 0 Å². The van der Waals surface area contributed by atoms with Crippen molar-refractivity contribution in [3.8, 4) is 0 Å². The maximum absolute atomic E-state index is 11.7. The second kappa shape index (κ2) is 4.55. The van der Waals surface area contributed by atoms with Gasteiger partial charge in [-0.15, -0.1) is 0 Å². The van der Waals surface area contributed by atoms with Gasteiger partial charge in [-0.2, -0.15) is 13.2 Å². The summed E-state index contributed by atoms with van der Waals surface area (Å²) in [6.45, 7) is 3.49. The fourth-order valence-corrected chi connectivity index (χ4v) is 1.69. The molecular weight excluding hydrogens is 199 g/mol. The van der Waals surface area contributed by atoms with Gasteiger partial charge in [0.2, 0.25) is 0 Å². The average molecular weight is 213 g/mol. The number of nitrogens with one attached hydrogen (secondary N) is 1. The number of thioether (sulfide) groups is 1. The Kier molecular flexibility index (Phi) is 3.91. The highest BCUT2D eigenvalue weighted by atomic mass is 32.2. The molecular formula is C8H14F3NS. The highest BCUT2D eigenvalue weighted by molar-refractivity contribution is 8.00. The van der Waals surface area contributed by atoms with E-state index in [-0.39, 0.29) is 17.5 Å². The summed E-state index contributed by atoms with van der Waals surface area (Å²) in [7, 11) is 0. The van der Waals surface area contributed by atoms with Crippen molar-refractivity contribution in [1.29, 1.82) is 0 Å². The van der Waals surface area contributed by atoms with Gasteiger partial charge in [-0.25, -0.2) is 0 Å². The zero-order valence-electron chi connectivity index (χ0n) is 7.53. The summed E-state index contributed by atoms with van der Waals surface area (Å²) >= 11 is 0.0439. The van der Waals surface area contributed by atoms with Crippen molar-refractivity contribution in [2.75, 3.05) is 18.8 Å². The molecule has 0 spiro atoms. The predicted molar refractivity (Wildman–Crippen MR) is 48.7 cm³/mol. The van der Waals surface area contributed by atoms with E-state index in [1.807, 2.05) is 0 Å². The van der Waals surface area contributed by atoms with Crippen LogP contribution >= 0.6 is 11.8 Å². The minimum absolute atomic E-state index is 0.0439. The molecule has 1 nitrogen and oxygen atoms in total. The van der Waals surface area contributed by atoms with Crippen LogP contribution in [0.1, 0.15) is 13.3 Å². The Balaban J connectivity index is 1.84. The number of alkyl halides is 3. The molecule has 0 aliphatic heterocycles. The molecule has 1 aliphatic carbocycles. The van der Waals surface area contributed by atoms with Crippen LogP contribution in [0.4, 0.5) is 13.2 Å². The Morgan fingerprint density at radius 3 is 2.54 bits per heavy atom. The summed E-state index contributed by atoms with van der Waals surface area (Å²) in [6, 6.07) is 0. The van der Waals surface area contributed by atoms with E-state index in [2.05, 4.69) is 12.2 Å². The van der Waals surface area contributed by atoms with Crippen molar-refractivity contribution in [3.05, 3.63) is 0 Å². The van der Waals surface area contributed by atoms with Gasteiger partial charge in [0, 0.05) is 12.3 Å². The van der Waals surface area contributed by atoms with Gasteiger partial charge in [-0.05, 0) is 36.6 Å². The zero-order valence-corrected chi connectivity index (χ0v) is 8.34. The smallest absolute Gasteiger partial charge is 0.316 e. The van der Waals surface area contributed by atoms with E-state index in [9.17, 15) is 13.2 Å². The molecule has 1 saturated carbocycles. The van der Waals surface area contributed by atoms with E-state index in [1.165, 1.54) is 6.42 Å². The molecule has 0 radical (unpaired) electrons. The van der Waals surface area contributed by atoms with Gasteiger partial charge in [-0.3, -0.25) is 0 Å². The van der Waals surface area contributed by atoms with Crippen LogP contribution in [-0.4, -0.2) is 24.4 Å². The van der Waals surface area contributed by atoms with E-state index >= 15 is 0 Å². The minimum atomic E-state index is -4.07. The second-order valence-electron chi connectivity index (χ2n) is 3.47. The summed E-state index contributed by atoms with van der Waals surface area (Å²) < 4.78 is 35.0. The van der Waals surface area contributed by atoms with Gasteiger partial charge in [0.05, 0.1) is 0 Å². The molecule has 0 aromatic carbocycles. The first kappa shape index (κ1) is 11.2. The molecule has 2 atom stereocenters. The summed E-state index contributed by atoms with van der Waals surface area (Å²) in [5, 5.41) is 3.03. The molecule has 1 rings (SSSR count). The van der Waals surface area contributed by atoms with Gasteiger partial charge >= 0.3 is 5.51 Å². The largest absolute Gasteiger partial charge is 0.441 e. The SMILES string of the molecule is CC1CC1CNCCSC(F)(F)F. The third kappa shape index (κ3) is 5.41. The molecule has 0 aromatic rings. The van der Waals surface area contributed by atoms with Crippen LogP contribution < -0.4 is 5.32 Å². The molecule has 13 heavy (non-hydrogen) atoms. The van der Waals surface area contributed by atoms with Gasteiger partial charge in [0.25, 0.3) is 0 Å². The molecule has 0 saturated heterocycles. The molecule has 2 unspecified atom stereocenters. The molecule has 0 aromatic heterocycles. The molecule has 0 heterocycles. The van der Waals surface area contributed by atoms with Crippen molar-refractivity contribution in [2.24, 2.45) is 11.8 Å². The normalized spacial score (nSPS) is 27.7. The number of hydrogen-bond acceptors (Lipinski definition) is 2. The van der Waals surface area contributed by atoms with E-state index in [0.29, 0.717) is 12.5 Å². The van der Waals surface area contributed by atoms with Gasteiger partial charge in [-0.1, -0.05) is 6.92 Å². The monoisotopic (exact) mass is 213 g/mol. The lowest BCUT2D eigenvalue weighted by Gasteiger charge is -2.06. The minimum Gasteiger partial charge on any atom is -0.316 e. The van der Waals surface area contributed by atoms with Gasteiger partial charge in [0.15, 0.2) is 0 Å². The van der Waals surface area contributed by atoms with E-state index in [1.54, 1.807) is 0 Å². The molecule has 0 bridgehead atoms.